The first-order chi connectivity index (χ1) is 8.74. The number of hydrogen-bond acceptors (Lipinski definition) is 2. The molecule has 1 heterocycles. The second-order valence-electron chi connectivity index (χ2n) is 4.17. The molecule has 0 bridgehead atoms. The molecule has 0 fully saturated rings. The number of fused-ring (bicyclic) bond motifs is 1. The van der Waals surface area contributed by atoms with Gasteiger partial charge in [-0.1, -0.05) is 28.1 Å². The van der Waals surface area contributed by atoms with E-state index >= 15 is 0 Å². The standard InChI is InChI=1S/C14H11Br2NO/c15-11-5-6-14-10(7-11)8-17(9-18-14)13-4-2-1-3-12(13)16/h1-7H,8-9H2. The summed E-state index contributed by atoms with van der Waals surface area (Å²) in [5.74, 6) is 0.974. The summed E-state index contributed by atoms with van der Waals surface area (Å²) in [6.45, 7) is 1.44. The van der Waals surface area contributed by atoms with Gasteiger partial charge in [-0.2, -0.15) is 0 Å². The van der Waals surface area contributed by atoms with E-state index in [-0.39, 0.29) is 0 Å². The number of benzene rings is 2. The Morgan fingerprint density at radius 3 is 2.72 bits per heavy atom. The number of para-hydroxylation sites is 1. The largest absolute Gasteiger partial charge is 0.473 e. The molecule has 1 aliphatic heterocycles. The minimum Gasteiger partial charge on any atom is -0.473 e. The molecule has 1 aliphatic rings. The lowest BCUT2D eigenvalue weighted by atomic mass is 10.1. The Morgan fingerprint density at radius 1 is 1.06 bits per heavy atom. The van der Waals surface area contributed by atoms with Crippen LogP contribution in [0.25, 0.3) is 0 Å². The van der Waals surface area contributed by atoms with Gasteiger partial charge in [0.1, 0.15) is 5.75 Å². The Bertz CT molecular complexity index is 586. The summed E-state index contributed by atoms with van der Waals surface area (Å²) in [6.07, 6.45) is 0. The predicted molar refractivity (Wildman–Crippen MR) is 80.0 cm³/mol. The fourth-order valence-corrected chi connectivity index (χ4v) is 3.02. The predicted octanol–water partition coefficient (Wildman–Crippen LogP) is 4.57. The van der Waals surface area contributed by atoms with Crippen molar-refractivity contribution in [1.82, 2.24) is 0 Å². The molecule has 2 aromatic rings. The van der Waals surface area contributed by atoms with E-state index in [1.807, 2.05) is 30.3 Å². The summed E-state index contributed by atoms with van der Waals surface area (Å²) >= 11 is 7.08. The van der Waals surface area contributed by atoms with Crippen LogP contribution < -0.4 is 9.64 Å². The van der Waals surface area contributed by atoms with Crippen molar-refractivity contribution in [2.75, 3.05) is 11.6 Å². The maximum absolute atomic E-state index is 5.78. The highest BCUT2D eigenvalue weighted by Gasteiger charge is 2.19. The highest BCUT2D eigenvalue weighted by atomic mass is 79.9. The third kappa shape index (κ3) is 2.27. The number of anilines is 1. The fraction of sp³-hybridized carbons (Fsp3) is 0.143. The average molecular weight is 369 g/mol. The lowest BCUT2D eigenvalue weighted by Crippen LogP contribution is -2.32. The molecule has 0 saturated carbocycles. The van der Waals surface area contributed by atoms with E-state index in [4.69, 9.17) is 4.74 Å². The molecular formula is C14H11Br2NO. The molecule has 3 rings (SSSR count). The van der Waals surface area contributed by atoms with Gasteiger partial charge < -0.3 is 9.64 Å². The third-order valence-corrected chi connectivity index (χ3v) is 4.12. The highest BCUT2D eigenvalue weighted by molar-refractivity contribution is 9.10. The van der Waals surface area contributed by atoms with Crippen molar-refractivity contribution in [2.45, 2.75) is 6.54 Å². The Morgan fingerprint density at radius 2 is 1.89 bits per heavy atom. The van der Waals surface area contributed by atoms with Crippen LogP contribution in [0, 0.1) is 0 Å². The minimum atomic E-state index is 0.581. The van der Waals surface area contributed by atoms with Crippen molar-refractivity contribution in [3.63, 3.8) is 0 Å². The van der Waals surface area contributed by atoms with Crippen LogP contribution in [-0.2, 0) is 6.54 Å². The smallest absolute Gasteiger partial charge is 0.161 e. The van der Waals surface area contributed by atoms with Gasteiger partial charge in [-0.05, 0) is 46.3 Å². The Balaban J connectivity index is 1.93. The number of ether oxygens (including phenoxy) is 1. The van der Waals surface area contributed by atoms with Gasteiger partial charge in [-0.3, -0.25) is 0 Å². The lowest BCUT2D eigenvalue weighted by Gasteiger charge is -2.31. The van der Waals surface area contributed by atoms with Crippen LogP contribution >= 0.6 is 31.9 Å². The van der Waals surface area contributed by atoms with Crippen LogP contribution in [0.1, 0.15) is 5.56 Å². The van der Waals surface area contributed by atoms with Gasteiger partial charge in [0, 0.05) is 21.1 Å². The molecule has 0 saturated heterocycles. The SMILES string of the molecule is Brc1ccc2c(c1)CN(c1ccccc1Br)CO2. The molecule has 0 spiro atoms. The molecule has 0 unspecified atom stereocenters. The molecule has 0 N–H and O–H groups in total. The van der Waals surface area contributed by atoms with Gasteiger partial charge in [-0.25, -0.2) is 0 Å². The zero-order valence-corrected chi connectivity index (χ0v) is 12.7. The van der Waals surface area contributed by atoms with Crippen LogP contribution in [0.5, 0.6) is 5.75 Å². The number of rotatable bonds is 1. The van der Waals surface area contributed by atoms with E-state index in [1.54, 1.807) is 0 Å². The second kappa shape index (κ2) is 4.94. The topological polar surface area (TPSA) is 12.5 Å². The third-order valence-electron chi connectivity index (χ3n) is 2.95. The van der Waals surface area contributed by atoms with Gasteiger partial charge in [0.2, 0.25) is 0 Å². The normalized spacial score (nSPS) is 14.0. The molecule has 0 aliphatic carbocycles. The van der Waals surface area contributed by atoms with Crippen molar-refractivity contribution in [1.29, 1.82) is 0 Å². The monoisotopic (exact) mass is 367 g/mol. The molecule has 4 heteroatoms. The van der Waals surface area contributed by atoms with Gasteiger partial charge in [0.05, 0.1) is 5.69 Å². The lowest BCUT2D eigenvalue weighted by molar-refractivity contribution is 0.289. The van der Waals surface area contributed by atoms with Gasteiger partial charge in [0.15, 0.2) is 6.73 Å². The number of halogens is 2. The van der Waals surface area contributed by atoms with Crippen LogP contribution in [-0.4, -0.2) is 6.73 Å². The van der Waals surface area contributed by atoms with E-state index in [0.29, 0.717) is 6.73 Å². The van der Waals surface area contributed by atoms with E-state index in [2.05, 4.69) is 48.9 Å². The molecule has 0 aromatic heterocycles. The molecule has 0 amide bonds. The van der Waals surface area contributed by atoms with Crippen LogP contribution in [0.15, 0.2) is 51.4 Å². The Labute approximate surface area is 123 Å². The molecule has 18 heavy (non-hydrogen) atoms. The zero-order valence-electron chi connectivity index (χ0n) is 9.57. The van der Waals surface area contributed by atoms with Crippen molar-refractivity contribution >= 4 is 37.5 Å². The summed E-state index contributed by atoms with van der Waals surface area (Å²) in [7, 11) is 0. The van der Waals surface area contributed by atoms with Crippen molar-refractivity contribution in [2.24, 2.45) is 0 Å². The summed E-state index contributed by atoms with van der Waals surface area (Å²) in [6, 6.07) is 14.3. The summed E-state index contributed by atoms with van der Waals surface area (Å²) in [5, 5.41) is 0. The van der Waals surface area contributed by atoms with Crippen LogP contribution in [0.4, 0.5) is 5.69 Å². The first-order valence-electron chi connectivity index (χ1n) is 5.65. The quantitative estimate of drug-likeness (QED) is 0.731. The Hall–Kier alpha value is -1.000. The van der Waals surface area contributed by atoms with E-state index < -0.39 is 0 Å². The molecule has 2 nitrogen and oxygen atoms in total. The summed E-state index contributed by atoms with van der Waals surface area (Å²) in [4.78, 5) is 2.21. The Kier molecular flexibility index (Phi) is 3.31. The first kappa shape index (κ1) is 12.1. The van der Waals surface area contributed by atoms with E-state index in [9.17, 15) is 0 Å². The van der Waals surface area contributed by atoms with Gasteiger partial charge >= 0.3 is 0 Å². The maximum Gasteiger partial charge on any atom is 0.161 e. The molecule has 2 aromatic carbocycles. The highest BCUT2D eigenvalue weighted by Crippen LogP contribution is 2.33. The van der Waals surface area contributed by atoms with Crippen molar-refractivity contribution in [3.05, 3.63) is 57.0 Å². The van der Waals surface area contributed by atoms with Crippen molar-refractivity contribution in [3.8, 4) is 5.75 Å². The van der Waals surface area contributed by atoms with Gasteiger partial charge in [-0.15, -0.1) is 0 Å². The maximum atomic E-state index is 5.78. The van der Waals surface area contributed by atoms with E-state index in [1.165, 1.54) is 5.56 Å². The van der Waals surface area contributed by atoms with Crippen LogP contribution in [0.3, 0.4) is 0 Å². The summed E-state index contributed by atoms with van der Waals surface area (Å²) < 4.78 is 7.96. The first-order valence-corrected chi connectivity index (χ1v) is 7.23. The minimum absolute atomic E-state index is 0.581. The summed E-state index contributed by atoms with van der Waals surface area (Å²) in [5.41, 5.74) is 2.36. The number of hydrogen-bond donors (Lipinski definition) is 0. The molecule has 0 atom stereocenters. The molecular weight excluding hydrogens is 358 g/mol. The second-order valence-corrected chi connectivity index (χ2v) is 5.94. The molecule has 0 radical (unpaired) electrons. The zero-order chi connectivity index (χ0) is 12.5. The van der Waals surface area contributed by atoms with E-state index in [0.717, 1.165) is 26.9 Å². The van der Waals surface area contributed by atoms with Crippen molar-refractivity contribution < 1.29 is 4.74 Å². The number of nitrogens with zero attached hydrogens (tertiary/aromatic N) is 1. The average Bonchev–Trinajstić information content (AvgIpc) is 2.38. The molecule has 92 valence electrons. The van der Waals surface area contributed by atoms with Crippen LogP contribution in [0.2, 0.25) is 0 Å². The van der Waals surface area contributed by atoms with Gasteiger partial charge in [0.25, 0.3) is 0 Å². The fourth-order valence-electron chi connectivity index (χ4n) is 2.07.